The molecule has 0 radical (unpaired) electrons. The molecule has 0 aromatic heterocycles. The molecular weight excluding hydrogens is 164 g/mol. The van der Waals surface area contributed by atoms with Crippen LogP contribution in [0.1, 0.15) is 20.3 Å². The lowest BCUT2D eigenvalue weighted by Gasteiger charge is -2.35. The largest absolute Gasteiger partial charge is 0.381 e. The first-order chi connectivity index (χ1) is 5.95. The number of aliphatic hydroxyl groups is 1. The number of ketones is 1. The molecule has 1 saturated carbocycles. The van der Waals surface area contributed by atoms with Crippen LogP contribution in [0, 0.1) is 11.3 Å². The Labute approximate surface area is 78.0 Å². The summed E-state index contributed by atoms with van der Waals surface area (Å²) in [6.45, 7) is 7.39. The summed E-state index contributed by atoms with van der Waals surface area (Å²) in [5.74, 6) is 0.172. The van der Waals surface area contributed by atoms with Crippen molar-refractivity contribution in [3.8, 4) is 0 Å². The number of rotatable bonds is 1. The molecule has 0 saturated heterocycles. The van der Waals surface area contributed by atoms with Crippen molar-refractivity contribution >= 4 is 5.78 Å². The minimum atomic E-state index is -0.967. The fourth-order valence-corrected chi connectivity index (χ4v) is 2.47. The van der Waals surface area contributed by atoms with Crippen LogP contribution >= 0.6 is 0 Å². The van der Waals surface area contributed by atoms with Gasteiger partial charge in [-0.05, 0) is 25.0 Å². The van der Waals surface area contributed by atoms with Crippen LogP contribution in [-0.2, 0) is 4.79 Å². The lowest BCUT2D eigenvalue weighted by molar-refractivity contribution is -0.118. The Bertz CT molecular complexity index is 329. The summed E-state index contributed by atoms with van der Waals surface area (Å²) in [7, 11) is 0. The van der Waals surface area contributed by atoms with Gasteiger partial charge in [-0.25, -0.2) is 0 Å². The van der Waals surface area contributed by atoms with E-state index in [4.69, 9.17) is 0 Å². The predicted molar refractivity (Wildman–Crippen MR) is 50.1 cm³/mol. The summed E-state index contributed by atoms with van der Waals surface area (Å²) in [6.07, 6.45) is 3.90. The molecule has 0 aromatic carbocycles. The molecule has 2 rings (SSSR count). The minimum absolute atomic E-state index is 0.0131. The maximum absolute atomic E-state index is 11.4. The van der Waals surface area contributed by atoms with Crippen molar-refractivity contribution in [2.45, 2.75) is 25.9 Å². The third kappa shape index (κ3) is 0.792. The molecule has 0 aromatic rings. The maximum Gasteiger partial charge on any atom is 0.159 e. The van der Waals surface area contributed by atoms with Crippen LogP contribution in [-0.4, -0.2) is 16.5 Å². The van der Waals surface area contributed by atoms with E-state index in [9.17, 15) is 9.90 Å². The summed E-state index contributed by atoms with van der Waals surface area (Å²) < 4.78 is 0. The molecular formula is C11H14O2. The van der Waals surface area contributed by atoms with E-state index in [1.54, 1.807) is 19.1 Å². The number of carbonyl (C=O) groups excluding carboxylic acids is 1. The molecule has 3 atom stereocenters. The number of hydrogen-bond acceptors (Lipinski definition) is 2. The third-order valence-corrected chi connectivity index (χ3v) is 3.71. The summed E-state index contributed by atoms with van der Waals surface area (Å²) in [6, 6.07) is 0. The number of hydrogen-bond donors (Lipinski definition) is 1. The zero-order valence-corrected chi connectivity index (χ0v) is 8.00. The monoisotopic (exact) mass is 178 g/mol. The van der Waals surface area contributed by atoms with Crippen molar-refractivity contribution in [1.29, 1.82) is 0 Å². The summed E-state index contributed by atoms with van der Waals surface area (Å²) in [4.78, 5) is 11.4. The first-order valence-corrected chi connectivity index (χ1v) is 4.54. The normalized spacial score (nSPS) is 48.1. The second-order valence-corrected chi connectivity index (χ2v) is 4.37. The molecule has 0 bridgehead atoms. The van der Waals surface area contributed by atoms with Gasteiger partial charge in [-0.3, -0.25) is 4.79 Å². The quantitative estimate of drug-likeness (QED) is 0.617. The van der Waals surface area contributed by atoms with Crippen molar-refractivity contribution in [3.05, 3.63) is 24.3 Å². The SMILES string of the molecule is C=C[C@@]1(O)C(C)=CC(=O)[C@H]2C[C@]21C. The molecule has 2 aliphatic rings. The van der Waals surface area contributed by atoms with E-state index < -0.39 is 5.60 Å². The van der Waals surface area contributed by atoms with Crippen LogP contribution < -0.4 is 0 Å². The molecule has 2 heteroatoms. The van der Waals surface area contributed by atoms with E-state index in [1.807, 2.05) is 6.92 Å². The summed E-state index contributed by atoms with van der Waals surface area (Å²) in [5.41, 5.74) is -0.528. The Morgan fingerprint density at radius 3 is 2.92 bits per heavy atom. The molecule has 0 amide bonds. The lowest BCUT2D eigenvalue weighted by Crippen LogP contribution is -2.41. The van der Waals surface area contributed by atoms with E-state index in [2.05, 4.69) is 6.58 Å². The smallest absolute Gasteiger partial charge is 0.159 e. The van der Waals surface area contributed by atoms with Gasteiger partial charge in [0.2, 0.25) is 0 Å². The first kappa shape index (κ1) is 8.70. The Kier molecular flexibility index (Phi) is 1.42. The molecule has 13 heavy (non-hydrogen) atoms. The fraction of sp³-hybridized carbons (Fsp3) is 0.545. The topological polar surface area (TPSA) is 37.3 Å². The van der Waals surface area contributed by atoms with E-state index in [-0.39, 0.29) is 17.1 Å². The molecule has 0 spiro atoms. The van der Waals surface area contributed by atoms with E-state index in [1.165, 1.54) is 0 Å². The minimum Gasteiger partial charge on any atom is -0.381 e. The van der Waals surface area contributed by atoms with Gasteiger partial charge in [0.25, 0.3) is 0 Å². The van der Waals surface area contributed by atoms with Gasteiger partial charge in [0.15, 0.2) is 5.78 Å². The average molecular weight is 178 g/mol. The van der Waals surface area contributed by atoms with Crippen LogP contribution in [0.3, 0.4) is 0 Å². The third-order valence-electron chi connectivity index (χ3n) is 3.71. The molecule has 1 fully saturated rings. The van der Waals surface area contributed by atoms with Crippen molar-refractivity contribution in [2.75, 3.05) is 0 Å². The first-order valence-electron chi connectivity index (χ1n) is 4.54. The average Bonchev–Trinajstić information content (AvgIpc) is 2.76. The van der Waals surface area contributed by atoms with Crippen LogP contribution in [0.2, 0.25) is 0 Å². The molecule has 2 nitrogen and oxygen atoms in total. The summed E-state index contributed by atoms with van der Waals surface area (Å²) in [5, 5.41) is 10.3. The predicted octanol–water partition coefficient (Wildman–Crippen LogP) is 1.46. The molecule has 0 aliphatic heterocycles. The zero-order chi connectivity index (χ0) is 9.85. The molecule has 0 unspecified atom stereocenters. The van der Waals surface area contributed by atoms with Gasteiger partial charge < -0.3 is 5.11 Å². The highest BCUT2D eigenvalue weighted by atomic mass is 16.3. The molecule has 2 aliphatic carbocycles. The molecule has 0 heterocycles. The lowest BCUT2D eigenvalue weighted by atomic mass is 9.74. The van der Waals surface area contributed by atoms with Gasteiger partial charge in [0.1, 0.15) is 5.60 Å². The Morgan fingerprint density at radius 2 is 2.38 bits per heavy atom. The number of fused-ring (bicyclic) bond motifs is 1. The van der Waals surface area contributed by atoms with Gasteiger partial charge in [-0.2, -0.15) is 0 Å². The van der Waals surface area contributed by atoms with Crippen LogP contribution in [0.4, 0.5) is 0 Å². The van der Waals surface area contributed by atoms with E-state index >= 15 is 0 Å². The van der Waals surface area contributed by atoms with Gasteiger partial charge in [0.05, 0.1) is 0 Å². The van der Waals surface area contributed by atoms with Crippen molar-refractivity contribution in [3.63, 3.8) is 0 Å². The van der Waals surface area contributed by atoms with E-state index in [0.29, 0.717) is 0 Å². The highest BCUT2D eigenvalue weighted by molar-refractivity contribution is 5.97. The highest BCUT2D eigenvalue weighted by Gasteiger charge is 2.66. The Morgan fingerprint density at radius 1 is 1.77 bits per heavy atom. The van der Waals surface area contributed by atoms with Gasteiger partial charge in [0, 0.05) is 11.3 Å². The highest BCUT2D eigenvalue weighted by Crippen LogP contribution is 2.64. The number of allylic oxidation sites excluding steroid dienone is 1. The second kappa shape index (κ2) is 2.13. The van der Waals surface area contributed by atoms with Crippen LogP contribution in [0.25, 0.3) is 0 Å². The number of carbonyl (C=O) groups is 1. The van der Waals surface area contributed by atoms with Crippen LogP contribution in [0.15, 0.2) is 24.3 Å². The standard InChI is InChI=1S/C11H14O2/c1-4-11(13)7(2)5-9(12)8-6-10(8,11)3/h4-5,8,13H,1,6H2,2-3H3/t8-,10-,11-/m1/s1. The fourth-order valence-electron chi connectivity index (χ4n) is 2.47. The van der Waals surface area contributed by atoms with Crippen LogP contribution in [0.5, 0.6) is 0 Å². The summed E-state index contributed by atoms with van der Waals surface area (Å²) >= 11 is 0. The van der Waals surface area contributed by atoms with Crippen molar-refractivity contribution in [1.82, 2.24) is 0 Å². The van der Waals surface area contributed by atoms with Crippen molar-refractivity contribution in [2.24, 2.45) is 11.3 Å². The van der Waals surface area contributed by atoms with Crippen molar-refractivity contribution < 1.29 is 9.90 Å². The van der Waals surface area contributed by atoms with E-state index in [0.717, 1.165) is 12.0 Å². The Hall–Kier alpha value is -0.890. The maximum atomic E-state index is 11.4. The Balaban J connectivity index is 2.54. The molecule has 70 valence electrons. The zero-order valence-electron chi connectivity index (χ0n) is 8.00. The van der Waals surface area contributed by atoms with Gasteiger partial charge in [-0.15, -0.1) is 0 Å². The van der Waals surface area contributed by atoms with Gasteiger partial charge in [-0.1, -0.05) is 19.6 Å². The second-order valence-electron chi connectivity index (χ2n) is 4.37. The van der Waals surface area contributed by atoms with Gasteiger partial charge >= 0.3 is 0 Å². The molecule has 1 N–H and O–H groups in total.